The second kappa shape index (κ2) is 18.3. The Bertz CT molecular complexity index is 1030. The van der Waals surface area contributed by atoms with Gasteiger partial charge in [-0.1, -0.05) is 0 Å². The van der Waals surface area contributed by atoms with Gasteiger partial charge in [-0.3, -0.25) is 9.59 Å². The summed E-state index contributed by atoms with van der Waals surface area (Å²) in [5.74, 6) is 0.103. The third-order valence-electron chi connectivity index (χ3n) is 6.05. The second-order valence-corrected chi connectivity index (χ2v) is 9.05. The molecule has 0 atom stereocenters. The van der Waals surface area contributed by atoms with Gasteiger partial charge in [-0.25, -0.2) is 0 Å². The van der Waals surface area contributed by atoms with Gasteiger partial charge >= 0.3 is 0 Å². The van der Waals surface area contributed by atoms with Crippen LogP contribution in [-0.4, -0.2) is 117 Å². The van der Waals surface area contributed by atoms with Crippen LogP contribution in [0, 0.1) is 0 Å². The fraction of sp³-hybridized carbons (Fsp3) is 0.533. The quantitative estimate of drug-likeness (QED) is 0.385. The van der Waals surface area contributed by atoms with Gasteiger partial charge in [0.15, 0.2) is 23.0 Å². The monoisotopic (exact) mass is 590 g/mol. The average Bonchev–Trinajstić information content (AvgIpc) is 3.03. The summed E-state index contributed by atoms with van der Waals surface area (Å²) in [6.45, 7) is 5.94. The van der Waals surface area contributed by atoms with E-state index >= 15 is 0 Å². The highest BCUT2D eigenvalue weighted by atomic mass is 16.6. The minimum atomic E-state index is -0.705. The standard InChI is InChI=1S/C30H38O12/c31-29(23-1-3-25-27(21-23)41-19-15-37-11-7-33-5-9-35-13-17-39-25)30(32)24-2-4-26-28(22-24)42-20-16-38-12-8-34-6-10-36-14-18-40-26/h1-4,21-22H,5-20H2. The zero-order valence-electron chi connectivity index (χ0n) is 23.7. The third-order valence-corrected chi connectivity index (χ3v) is 6.05. The van der Waals surface area contributed by atoms with E-state index in [1.165, 1.54) is 24.3 Å². The van der Waals surface area contributed by atoms with Crippen LogP contribution >= 0.6 is 0 Å². The molecule has 2 aromatic carbocycles. The predicted molar refractivity (Wildman–Crippen MR) is 148 cm³/mol. The number of Topliss-reactive ketones (excluding diaryl/α,β-unsaturated/α-hetero) is 2. The maximum absolute atomic E-state index is 13.3. The number of ether oxygens (including phenoxy) is 10. The first-order valence-electron chi connectivity index (χ1n) is 14.1. The lowest BCUT2D eigenvalue weighted by atomic mass is 10.0. The number of hydrogen-bond donors (Lipinski definition) is 0. The first kappa shape index (κ1) is 31.7. The number of carbonyl (C=O) groups is 2. The highest BCUT2D eigenvalue weighted by Crippen LogP contribution is 2.31. The molecule has 230 valence electrons. The Morgan fingerprint density at radius 3 is 0.929 bits per heavy atom. The average molecular weight is 591 g/mol. The molecule has 2 heterocycles. The highest BCUT2D eigenvalue weighted by Gasteiger charge is 2.22. The molecule has 2 aromatic rings. The van der Waals surface area contributed by atoms with Gasteiger partial charge < -0.3 is 47.4 Å². The van der Waals surface area contributed by atoms with Gasteiger partial charge in [-0.15, -0.1) is 0 Å². The summed E-state index contributed by atoms with van der Waals surface area (Å²) < 4.78 is 56.1. The SMILES string of the molecule is O=C(C(=O)c1ccc2c(c1)OCCOCCOCCOCCO2)c1ccc2c(c1)OCCOCCOCCOCCO2. The van der Waals surface area contributed by atoms with Gasteiger partial charge in [0.05, 0.1) is 79.3 Å². The minimum absolute atomic E-state index is 0.159. The highest BCUT2D eigenvalue weighted by molar-refractivity contribution is 6.49. The molecule has 0 aliphatic carbocycles. The van der Waals surface area contributed by atoms with E-state index in [-0.39, 0.29) is 37.6 Å². The Hall–Kier alpha value is -3.26. The van der Waals surface area contributed by atoms with Crippen LogP contribution in [0.1, 0.15) is 20.7 Å². The normalized spacial score (nSPS) is 18.8. The van der Waals surface area contributed by atoms with E-state index in [9.17, 15) is 9.59 Å². The molecule has 0 saturated carbocycles. The van der Waals surface area contributed by atoms with Gasteiger partial charge in [-0.2, -0.15) is 0 Å². The molecule has 2 aliphatic heterocycles. The molecule has 0 fully saturated rings. The molecule has 0 saturated heterocycles. The molecule has 0 spiro atoms. The predicted octanol–water partition coefficient (Wildman–Crippen LogP) is 2.39. The Labute approximate surface area is 245 Å². The molecule has 12 heteroatoms. The second-order valence-electron chi connectivity index (χ2n) is 9.05. The van der Waals surface area contributed by atoms with E-state index < -0.39 is 11.6 Å². The van der Waals surface area contributed by atoms with E-state index in [2.05, 4.69) is 0 Å². The van der Waals surface area contributed by atoms with Crippen molar-refractivity contribution in [3.05, 3.63) is 47.5 Å². The molecule has 0 radical (unpaired) electrons. The van der Waals surface area contributed by atoms with Crippen molar-refractivity contribution >= 4 is 11.6 Å². The zero-order valence-corrected chi connectivity index (χ0v) is 23.7. The number of hydrogen-bond acceptors (Lipinski definition) is 12. The molecule has 4 rings (SSSR count). The van der Waals surface area contributed by atoms with Crippen molar-refractivity contribution in [1.82, 2.24) is 0 Å². The van der Waals surface area contributed by atoms with Crippen LogP contribution in [0.15, 0.2) is 36.4 Å². The van der Waals surface area contributed by atoms with E-state index in [4.69, 9.17) is 47.4 Å². The van der Waals surface area contributed by atoms with Crippen LogP contribution < -0.4 is 18.9 Å². The minimum Gasteiger partial charge on any atom is -0.487 e. The van der Waals surface area contributed by atoms with Crippen molar-refractivity contribution in [1.29, 1.82) is 0 Å². The number of rotatable bonds is 3. The lowest BCUT2D eigenvalue weighted by Crippen LogP contribution is -2.16. The van der Waals surface area contributed by atoms with Crippen molar-refractivity contribution in [2.75, 3.05) is 106 Å². The fourth-order valence-electron chi connectivity index (χ4n) is 3.95. The zero-order chi connectivity index (χ0) is 29.2. The van der Waals surface area contributed by atoms with Gasteiger partial charge in [0.1, 0.15) is 26.4 Å². The van der Waals surface area contributed by atoms with E-state index in [1.54, 1.807) is 12.1 Å². The number of benzene rings is 2. The Balaban J connectivity index is 1.45. The molecule has 0 bridgehead atoms. The van der Waals surface area contributed by atoms with Crippen molar-refractivity contribution in [3.63, 3.8) is 0 Å². The largest absolute Gasteiger partial charge is 0.487 e. The maximum Gasteiger partial charge on any atom is 0.233 e. The molecular formula is C30H38O12. The Morgan fingerprint density at radius 2 is 0.619 bits per heavy atom. The van der Waals surface area contributed by atoms with Crippen LogP contribution in [0.3, 0.4) is 0 Å². The molecule has 2 aliphatic rings. The summed E-state index contributed by atoms with van der Waals surface area (Å²) in [6, 6.07) is 9.27. The smallest absolute Gasteiger partial charge is 0.233 e. The molecule has 12 nitrogen and oxygen atoms in total. The van der Waals surface area contributed by atoms with Crippen LogP contribution in [0.25, 0.3) is 0 Å². The summed E-state index contributed by atoms with van der Waals surface area (Å²) in [7, 11) is 0. The molecule has 42 heavy (non-hydrogen) atoms. The van der Waals surface area contributed by atoms with Crippen molar-refractivity contribution < 1.29 is 57.0 Å². The van der Waals surface area contributed by atoms with E-state index in [0.717, 1.165) is 0 Å². The Morgan fingerprint density at radius 1 is 0.357 bits per heavy atom. The molecular weight excluding hydrogens is 552 g/mol. The van der Waals surface area contributed by atoms with Gasteiger partial charge in [0.2, 0.25) is 11.6 Å². The van der Waals surface area contributed by atoms with Crippen LogP contribution in [0.5, 0.6) is 23.0 Å². The summed E-state index contributed by atoms with van der Waals surface area (Å²) >= 11 is 0. The molecule has 0 N–H and O–H groups in total. The summed E-state index contributed by atoms with van der Waals surface area (Å²) in [5.41, 5.74) is 0.318. The summed E-state index contributed by atoms with van der Waals surface area (Å²) in [6.07, 6.45) is 0. The first-order valence-corrected chi connectivity index (χ1v) is 14.1. The van der Waals surface area contributed by atoms with Gasteiger partial charge in [0, 0.05) is 11.1 Å². The lowest BCUT2D eigenvalue weighted by molar-refractivity contribution is 0.00708. The molecule has 0 unspecified atom stereocenters. The first-order chi connectivity index (χ1) is 20.7. The van der Waals surface area contributed by atoms with Crippen molar-refractivity contribution in [2.24, 2.45) is 0 Å². The van der Waals surface area contributed by atoms with Crippen molar-refractivity contribution in [2.45, 2.75) is 0 Å². The number of fused-ring (bicyclic) bond motifs is 2. The van der Waals surface area contributed by atoms with Gasteiger partial charge in [-0.05, 0) is 36.4 Å². The van der Waals surface area contributed by atoms with Crippen LogP contribution in [0.4, 0.5) is 0 Å². The van der Waals surface area contributed by atoms with Crippen molar-refractivity contribution in [3.8, 4) is 23.0 Å². The topological polar surface area (TPSA) is 126 Å². The van der Waals surface area contributed by atoms with Gasteiger partial charge in [0.25, 0.3) is 0 Å². The third kappa shape index (κ3) is 10.5. The summed E-state index contributed by atoms with van der Waals surface area (Å²) in [4.78, 5) is 26.6. The lowest BCUT2D eigenvalue weighted by Gasteiger charge is -2.15. The van der Waals surface area contributed by atoms with E-state index in [0.29, 0.717) is 102 Å². The summed E-state index contributed by atoms with van der Waals surface area (Å²) in [5, 5.41) is 0. The number of carbonyl (C=O) groups excluding carboxylic acids is 2. The molecule has 0 aromatic heterocycles. The molecule has 0 amide bonds. The number of ketones is 2. The van der Waals surface area contributed by atoms with Crippen LogP contribution in [0.2, 0.25) is 0 Å². The van der Waals surface area contributed by atoms with Crippen LogP contribution in [-0.2, 0) is 28.4 Å². The maximum atomic E-state index is 13.3. The Kier molecular flexibility index (Phi) is 13.8. The van der Waals surface area contributed by atoms with E-state index in [1.807, 2.05) is 0 Å². The fourth-order valence-corrected chi connectivity index (χ4v) is 3.95.